The summed E-state index contributed by atoms with van der Waals surface area (Å²) in [5.74, 6) is 0.366. The fourth-order valence-electron chi connectivity index (χ4n) is 4.19. The van der Waals surface area contributed by atoms with E-state index >= 15 is 0 Å². The third-order valence-corrected chi connectivity index (χ3v) is 11.4. The van der Waals surface area contributed by atoms with Crippen molar-refractivity contribution in [3.63, 3.8) is 0 Å². The van der Waals surface area contributed by atoms with Crippen LogP contribution in [-0.4, -0.2) is 36.3 Å². The van der Waals surface area contributed by atoms with Crippen molar-refractivity contribution in [1.82, 2.24) is 0 Å². The Morgan fingerprint density at radius 1 is 1.20 bits per heavy atom. The molecule has 1 aromatic carbocycles. The number of fused-ring (bicyclic) bond motifs is 1. The van der Waals surface area contributed by atoms with Crippen LogP contribution < -0.4 is 4.74 Å². The van der Waals surface area contributed by atoms with E-state index in [2.05, 4.69) is 38.8 Å². The van der Waals surface area contributed by atoms with E-state index in [1.165, 1.54) is 0 Å². The molecule has 1 unspecified atom stereocenters. The number of carbonyl (C=O) groups excluding carboxylic acids is 1. The molecule has 0 bridgehead atoms. The minimum Gasteiger partial charge on any atom is -0.497 e. The largest absolute Gasteiger partial charge is 0.497 e. The Morgan fingerprint density at radius 3 is 2.50 bits per heavy atom. The van der Waals surface area contributed by atoms with Crippen LogP contribution in [0.2, 0.25) is 38.8 Å². The quantitative estimate of drug-likeness (QED) is 0.164. The highest BCUT2D eigenvalue weighted by Gasteiger charge is 2.31. The van der Waals surface area contributed by atoms with Crippen LogP contribution in [0.3, 0.4) is 0 Å². The summed E-state index contributed by atoms with van der Waals surface area (Å²) in [5.41, 5.74) is 2.97. The van der Waals surface area contributed by atoms with Crippen molar-refractivity contribution in [2.24, 2.45) is 5.92 Å². The molecule has 1 aromatic rings. The van der Waals surface area contributed by atoms with Gasteiger partial charge in [-0.15, -0.1) is 0 Å². The predicted octanol–water partition coefficient (Wildman–Crippen LogP) is 5.54. The third-order valence-electron chi connectivity index (χ3n) is 5.20. The second kappa shape index (κ2) is 9.95. The Morgan fingerprint density at radius 2 is 1.90 bits per heavy atom. The molecule has 0 aliphatic heterocycles. The molecule has 0 N–H and O–H groups in total. The van der Waals surface area contributed by atoms with Gasteiger partial charge in [-0.05, 0) is 86.4 Å². The summed E-state index contributed by atoms with van der Waals surface area (Å²) in [6.07, 6.45) is 2.54. The van der Waals surface area contributed by atoms with Gasteiger partial charge in [-0.2, -0.15) is 5.26 Å². The summed E-state index contributed by atoms with van der Waals surface area (Å²) in [6, 6.07) is 8.93. The molecule has 2 rings (SSSR count). The van der Waals surface area contributed by atoms with Gasteiger partial charge in [-0.25, -0.2) is 4.79 Å². The Balaban J connectivity index is 1.97. The number of hydrogen-bond donors (Lipinski definition) is 0. The van der Waals surface area contributed by atoms with Crippen molar-refractivity contribution in [1.29, 1.82) is 5.26 Å². The number of nitrogens with zero attached hydrogens (tertiary/aromatic N) is 1. The van der Waals surface area contributed by atoms with E-state index < -0.39 is 22.6 Å². The zero-order chi connectivity index (χ0) is 22.5. The molecule has 1 aliphatic carbocycles. The molecule has 0 saturated heterocycles. The molecule has 1 aliphatic rings. The first kappa shape index (κ1) is 24.4. The fourth-order valence-corrected chi connectivity index (χ4v) is 12.3. The number of ether oxygens (including phenoxy) is 2. The number of allylic oxidation sites excluding steroid dienone is 1. The molecule has 7 heteroatoms. The van der Waals surface area contributed by atoms with E-state index in [1.54, 1.807) is 7.11 Å². The molecule has 5 nitrogen and oxygen atoms in total. The Bertz CT molecular complexity index is 850. The van der Waals surface area contributed by atoms with Crippen molar-refractivity contribution in [2.75, 3.05) is 13.7 Å². The monoisotopic (exact) mass is 445 g/mol. The molecule has 0 heterocycles. The molecular formula is C23H35NO4Si2. The molecule has 164 valence electrons. The van der Waals surface area contributed by atoms with Crippen molar-refractivity contribution in [2.45, 2.75) is 65.0 Å². The van der Waals surface area contributed by atoms with Gasteiger partial charge >= 0.3 is 5.97 Å². The summed E-state index contributed by atoms with van der Waals surface area (Å²) in [6.45, 7) is 13.5. The second-order valence-electron chi connectivity index (χ2n) is 9.60. The number of hydrogen-bond acceptors (Lipinski definition) is 5. The molecule has 0 saturated carbocycles. The van der Waals surface area contributed by atoms with E-state index in [0.717, 1.165) is 47.8 Å². The lowest BCUT2D eigenvalue weighted by atomic mass is 9.96. The highest BCUT2D eigenvalue weighted by Crippen LogP contribution is 2.40. The zero-order valence-electron chi connectivity index (χ0n) is 19.4. The lowest BCUT2D eigenvalue weighted by Gasteiger charge is -2.31. The Hall–Kier alpha value is -1.89. The predicted molar refractivity (Wildman–Crippen MR) is 125 cm³/mol. The van der Waals surface area contributed by atoms with Gasteiger partial charge in [0.1, 0.15) is 17.4 Å². The molecular weight excluding hydrogens is 410 g/mol. The van der Waals surface area contributed by atoms with Gasteiger partial charge < -0.3 is 13.6 Å². The highest BCUT2D eigenvalue weighted by molar-refractivity contribution is 6.84. The van der Waals surface area contributed by atoms with Crippen LogP contribution in [0.25, 0.3) is 5.57 Å². The first-order valence-electron chi connectivity index (χ1n) is 10.7. The Labute approximate surface area is 183 Å². The number of rotatable bonds is 9. The van der Waals surface area contributed by atoms with Gasteiger partial charge in [0, 0.05) is 0 Å². The number of methoxy groups -OCH3 is 1. The number of carbonyl (C=O) groups is 1. The van der Waals surface area contributed by atoms with Crippen molar-refractivity contribution >= 4 is 28.2 Å². The van der Waals surface area contributed by atoms with Gasteiger partial charge in [0.15, 0.2) is 16.6 Å². The maximum Gasteiger partial charge on any atom is 0.349 e. The summed E-state index contributed by atoms with van der Waals surface area (Å²) >= 11 is 0. The third kappa shape index (κ3) is 6.56. The highest BCUT2D eigenvalue weighted by atomic mass is 28.4. The number of nitriles is 1. The molecule has 30 heavy (non-hydrogen) atoms. The van der Waals surface area contributed by atoms with Gasteiger partial charge in [-0.1, -0.05) is 19.4 Å². The smallest absolute Gasteiger partial charge is 0.349 e. The van der Waals surface area contributed by atoms with Crippen LogP contribution >= 0.6 is 0 Å². The van der Waals surface area contributed by atoms with E-state index in [4.69, 9.17) is 13.6 Å². The summed E-state index contributed by atoms with van der Waals surface area (Å²) in [5, 5.41) is 9.68. The maximum absolute atomic E-state index is 12.6. The molecule has 0 spiro atoms. The average Bonchev–Trinajstić information content (AvgIpc) is 2.95. The minimum atomic E-state index is -1.67. The summed E-state index contributed by atoms with van der Waals surface area (Å²) in [7, 11) is -1.57. The standard InChI is InChI=1S/C23H35NO4Si2/c1-17-14-18-15-19(26-2)10-11-20(18)22(17)21(16-24)23(25)27-12-8-9-13-30(6,7)28-29(3,4)5/h10-11,15,17H,8-9,12-14H2,1-7H3. The summed E-state index contributed by atoms with van der Waals surface area (Å²) in [4.78, 5) is 12.6. The lowest BCUT2D eigenvalue weighted by molar-refractivity contribution is -0.138. The fraction of sp³-hybridized carbons (Fsp3) is 0.565. The lowest BCUT2D eigenvalue weighted by Crippen LogP contribution is -2.42. The van der Waals surface area contributed by atoms with E-state index in [9.17, 15) is 10.1 Å². The Kier molecular flexibility index (Phi) is 8.08. The first-order valence-corrected chi connectivity index (χ1v) is 17.2. The van der Waals surface area contributed by atoms with Crippen LogP contribution in [0.5, 0.6) is 5.75 Å². The molecule has 0 fully saturated rings. The maximum atomic E-state index is 12.6. The minimum absolute atomic E-state index is 0.0971. The average molecular weight is 446 g/mol. The molecule has 0 radical (unpaired) electrons. The van der Waals surface area contributed by atoms with Gasteiger partial charge in [0.2, 0.25) is 0 Å². The topological polar surface area (TPSA) is 68.5 Å². The van der Waals surface area contributed by atoms with Crippen LogP contribution in [0, 0.1) is 17.2 Å². The van der Waals surface area contributed by atoms with Gasteiger partial charge in [0.05, 0.1) is 13.7 Å². The van der Waals surface area contributed by atoms with Crippen molar-refractivity contribution < 1.29 is 18.4 Å². The van der Waals surface area contributed by atoms with Crippen LogP contribution in [0.1, 0.15) is 30.9 Å². The first-order chi connectivity index (χ1) is 14.0. The van der Waals surface area contributed by atoms with Crippen LogP contribution in [-0.2, 0) is 20.1 Å². The normalized spacial score (nSPS) is 17.9. The zero-order valence-corrected chi connectivity index (χ0v) is 21.4. The molecule has 0 aromatic heterocycles. The van der Waals surface area contributed by atoms with Crippen molar-refractivity contribution in [3.05, 3.63) is 34.9 Å². The van der Waals surface area contributed by atoms with Gasteiger partial charge in [-0.3, -0.25) is 0 Å². The van der Waals surface area contributed by atoms with E-state index in [1.807, 2.05) is 25.1 Å². The van der Waals surface area contributed by atoms with Gasteiger partial charge in [0.25, 0.3) is 0 Å². The number of unbranched alkanes of at least 4 members (excludes halogenated alkanes) is 1. The van der Waals surface area contributed by atoms with E-state index in [-0.39, 0.29) is 11.5 Å². The van der Waals surface area contributed by atoms with Crippen molar-refractivity contribution in [3.8, 4) is 11.8 Å². The molecule has 0 amide bonds. The van der Waals surface area contributed by atoms with Crippen LogP contribution in [0.15, 0.2) is 23.8 Å². The second-order valence-corrected chi connectivity index (χ2v) is 18.7. The van der Waals surface area contributed by atoms with Crippen LogP contribution in [0.4, 0.5) is 0 Å². The van der Waals surface area contributed by atoms with E-state index in [0.29, 0.717) is 6.61 Å². The summed E-state index contributed by atoms with van der Waals surface area (Å²) < 4.78 is 17.1. The molecule has 1 atom stereocenters. The number of benzene rings is 1. The number of esters is 1. The SMILES string of the molecule is COc1ccc2c(c1)CC(C)C2=C(C#N)C(=O)OCCCC[Si](C)(C)O[Si](C)(C)C.